The van der Waals surface area contributed by atoms with Gasteiger partial charge >= 0.3 is 6.03 Å². The Morgan fingerprint density at radius 3 is 1.04 bits per heavy atom. The number of carbonyl (C=O) groups is 1. The van der Waals surface area contributed by atoms with E-state index < -0.39 is 0 Å². The van der Waals surface area contributed by atoms with Crippen LogP contribution in [-0.2, 0) is 0 Å². The number of carbonyl (C=O) groups excluding carboxylic acids is 1. The summed E-state index contributed by atoms with van der Waals surface area (Å²) < 4.78 is 0. The lowest BCUT2D eigenvalue weighted by atomic mass is 10.0. The summed E-state index contributed by atoms with van der Waals surface area (Å²) in [5, 5.41) is 0. The van der Waals surface area contributed by atoms with Crippen molar-refractivity contribution in [1.29, 1.82) is 0 Å². The maximum absolute atomic E-state index is 15.4. The van der Waals surface area contributed by atoms with Crippen LogP contribution < -0.4 is 9.80 Å². The molecule has 6 rings (SSSR count). The minimum Gasteiger partial charge on any atom is -0.294 e. The number of pyridine rings is 4. The molecule has 2 aromatic carbocycles. The Morgan fingerprint density at radius 1 is 0.442 bits per heavy atom. The molecule has 4 aromatic heterocycles. The van der Waals surface area contributed by atoms with Gasteiger partial charge < -0.3 is 0 Å². The maximum Gasteiger partial charge on any atom is 0.328 e. The molecule has 0 unspecified atom stereocenters. The number of anilines is 2. The summed E-state index contributed by atoms with van der Waals surface area (Å²) in [4.78, 5) is 38.0. The van der Waals surface area contributed by atoms with Gasteiger partial charge in [0.2, 0.25) is 0 Å². The van der Waals surface area contributed by atoms with Crippen LogP contribution in [0.5, 0.6) is 0 Å². The van der Waals surface area contributed by atoms with Gasteiger partial charge in [-0.3, -0.25) is 29.7 Å². The van der Waals surface area contributed by atoms with Crippen LogP contribution in [0.15, 0.2) is 134 Å². The number of aromatic nitrogens is 4. The molecule has 0 radical (unpaired) electrons. The zero-order valence-corrected chi connectivity index (χ0v) is 30.4. The number of rotatable bonds is 16. The Labute approximate surface area is 308 Å². The second kappa shape index (κ2) is 18.5. The highest BCUT2D eigenvalue weighted by Gasteiger charge is 2.26. The number of nitrogens with zero attached hydrogens (tertiary/aromatic N) is 6. The van der Waals surface area contributed by atoms with Crippen LogP contribution in [0.25, 0.3) is 45.0 Å². The Morgan fingerprint density at radius 2 is 0.769 bits per heavy atom. The van der Waals surface area contributed by atoms with E-state index in [2.05, 4.69) is 70.2 Å². The number of benzene rings is 2. The molecule has 0 saturated carbocycles. The fourth-order valence-electron chi connectivity index (χ4n) is 6.47. The highest BCUT2D eigenvalue weighted by molar-refractivity contribution is 6.05. The first-order valence-corrected chi connectivity index (χ1v) is 18.7. The number of hydrogen-bond acceptors (Lipinski definition) is 5. The predicted molar refractivity (Wildman–Crippen MR) is 214 cm³/mol. The molecule has 0 N–H and O–H groups in total. The molecule has 6 aromatic rings. The third-order valence-electron chi connectivity index (χ3n) is 9.23. The van der Waals surface area contributed by atoms with Crippen LogP contribution >= 0.6 is 0 Å². The van der Waals surface area contributed by atoms with E-state index in [1.54, 1.807) is 0 Å². The lowest BCUT2D eigenvalue weighted by molar-refractivity contribution is 0.251. The predicted octanol–water partition coefficient (Wildman–Crippen LogP) is 11.5. The summed E-state index contributed by atoms with van der Waals surface area (Å²) >= 11 is 0. The van der Waals surface area contributed by atoms with Crippen molar-refractivity contribution in [2.45, 2.75) is 65.2 Å². The van der Waals surface area contributed by atoms with Gasteiger partial charge in [0.25, 0.3) is 0 Å². The molecule has 0 bridgehead atoms. The van der Waals surface area contributed by atoms with Gasteiger partial charge in [0.05, 0.1) is 22.8 Å². The molecule has 0 atom stereocenters. The van der Waals surface area contributed by atoms with Crippen molar-refractivity contribution in [1.82, 2.24) is 19.9 Å². The Balaban J connectivity index is 1.49. The van der Waals surface area contributed by atoms with Gasteiger partial charge in [-0.05, 0) is 97.8 Å². The van der Waals surface area contributed by atoms with Crippen molar-refractivity contribution >= 4 is 17.4 Å². The topological polar surface area (TPSA) is 75.1 Å². The van der Waals surface area contributed by atoms with Crippen molar-refractivity contribution in [3.63, 3.8) is 0 Å². The lowest BCUT2D eigenvalue weighted by Crippen LogP contribution is -2.44. The highest BCUT2D eigenvalue weighted by atomic mass is 16.2. The SMILES string of the molecule is CCCCCCN(C(=O)N(CCCCCC)c1cc(-c2ccccn2)cc(-c2ccccn2)c1)c1cc(-c2ccccn2)cc(-c2ccccn2)c1. The lowest BCUT2D eigenvalue weighted by Gasteiger charge is -2.32. The average molecular weight is 689 g/mol. The van der Waals surface area contributed by atoms with E-state index in [-0.39, 0.29) is 6.03 Å². The molecule has 0 aliphatic rings. The van der Waals surface area contributed by atoms with Gasteiger partial charge in [0, 0.05) is 71.5 Å². The van der Waals surface area contributed by atoms with E-state index in [1.165, 1.54) is 0 Å². The van der Waals surface area contributed by atoms with Gasteiger partial charge in [-0.2, -0.15) is 0 Å². The molecule has 0 saturated heterocycles. The molecule has 264 valence electrons. The summed E-state index contributed by atoms with van der Waals surface area (Å²) in [6.45, 7) is 5.60. The molecule has 7 heteroatoms. The van der Waals surface area contributed by atoms with Crippen LogP contribution in [0.2, 0.25) is 0 Å². The molecule has 4 heterocycles. The first-order chi connectivity index (χ1) is 25.6. The third-order valence-corrected chi connectivity index (χ3v) is 9.23. The minimum atomic E-state index is -0.0525. The van der Waals surface area contributed by atoms with Crippen LogP contribution in [0.4, 0.5) is 16.2 Å². The molecule has 52 heavy (non-hydrogen) atoms. The van der Waals surface area contributed by atoms with Crippen LogP contribution in [0.3, 0.4) is 0 Å². The zero-order valence-electron chi connectivity index (χ0n) is 30.4. The van der Waals surface area contributed by atoms with Crippen LogP contribution in [0.1, 0.15) is 65.2 Å². The molecule has 0 aliphatic heterocycles. The van der Waals surface area contributed by atoms with E-state index in [9.17, 15) is 0 Å². The molecular weight excluding hydrogens is 641 g/mol. The summed E-state index contributed by atoms with van der Waals surface area (Å²) in [6.07, 6.45) is 15.6. The van der Waals surface area contributed by atoms with Gasteiger partial charge in [-0.25, -0.2) is 4.79 Å². The third kappa shape index (κ3) is 9.34. The molecule has 0 fully saturated rings. The summed E-state index contributed by atoms with van der Waals surface area (Å²) in [5.41, 5.74) is 8.80. The number of unbranched alkanes of at least 4 members (excludes halogenated alkanes) is 6. The Hall–Kier alpha value is -5.69. The Kier molecular flexibility index (Phi) is 12.9. The zero-order chi connectivity index (χ0) is 36.0. The average Bonchev–Trinajstić information content (AvgIpc) is 3.21. The second-order valence-corrected chi connectivity index (χ2v) is 13.1. The molecule has 2 amide bonds. The Bertz CT molecular complexity index is 1730. The van der Waals surface area contributed by atoms with Gasteiger partial charge in [0.1, 0.15) is 0 Å². The van der Waals surface area contributed by atoms with E-state index in [0.29, 0.717) is 13.1 Å². The van der Waals surface area contributed by atoms with E-state index in [0.717, 1.165) is 108 Å². The summed E-state index contributed by atoms with van der Waals surface area (Å²) in [5.74, 6) is 0. The maximum atomic E-state index is 15.4. The van der Waals surface area contributed by atoms with E-state index in [4.69, 9.17) is 0 Å². The van der Waals surface area contributed by atoms with Gasteiger partial charge in [0.15, 0.2) is 0 Å². The van der Waals surface area contributed by atoms with Gasteiger partial charge in [-0.15, -0.1) is 0 Å². The second-order valence-electron chi connectivity index (χ2n) is 13.1. The molecular formula is C45H48N6O. The molecule has 0 aliphatic carbocycles. The van der Waals surface area contributed by atoms with Gasteiger partial charge in [-0.1, -0.05) is 76.6 Å². The minimum absolute atomic E-state index is 0.0525. The van der Waals surface area contributed by atoms with Crippen molar-refractivity contribution in [2.24, 2.45) is 0 Å². The fraction of sp³-hybridized carbons (Fsp3) is 0.267. The molecule has 7 nitrogen and oxygen atoms in total. The van der Waals surface area contributed by atoms with E-state index in [1.807, 2.05) is 107 Å². The normalized spacial score (nSPS) is 11.0. The van der Waals surface area contributed by atoms with Crippen molar-refractivity contribution in [3.8, 4) is 45.0 Å². The quantitative estimate of drug-likeness (QED) is 0.0946. The largest absolute Gasteiger partial charge is 0.328 e. The first kappa shape index (κ1) is 36.1. The van der Waals surface area contributed by atoms with Crippen molar-refractivity contribution in [2.75, 3.05) is 22.9 Å². The smallest absolute Gasteiger partial charge is 0.294 e. The number of amides is 2. The number of hydrogen-bond donors (Lipinski definition) is 0. The van der Waals surface area contributed by atoms with Crippen LogP contribution in [0, 0.1) is 0 Å². The highest BCUT2D eigenvalue weighted by Crippen LogP contribution is 2.35. The van der Waals surface area contributed by atoms with Crippen molar-refractivity contribution < 1.29 is 4.79 Å². The number of urea groups is 1. The fourth-order valence-corrected chi connectivity index (χ4v) is 6.47. The standard InChI is InChI=1S/C45H48N6O/c1-3-5-7-17-27-50(39-31-35(41-19-9-13-23-46-41)29-36(32-39)42-20-10-14-24-47-42)45(52)51(28-18-8-6-4-2)40-33-37(43-21-11-15-25-48-43)30-38(34-40)44-22-12-16-26-49-44/h9-16,19-26,29-34H,3-8,17-18,27-28H2,1-2H3. The van der Waals surface area contributed by atoms with E-state index >= 15 is 4.79 Å². The van der Waals surface area contributed by atoms with Crippen LogP contribution in [-0.4, -0.2) is 39.1 Å². The summed E-state index contributed by atoms with van der Waals surface area (Å²) in [7, 11) is 0. The summed E-state index contributed by atoms with van der Waals surface area (Å²) in [6, 6.07) is 36.3. The first-order valence-electron chi connectivity index (χ1n) is 18.7. The van der Waals surface area contributed by atoms with Crippen molar-refractivity contribution in [3.05, 3.63) is 134 Å². The monoisotopic (exact) mass is 688 g/mol. The molecule has 0 spiro atoms.